The standard InChI is InChI=1S/C22H20BrN3OS/c1-22(2)10-15-20(16(27)11-22)19(17-8-9-18(23)28-17)14(12-24)21(25)26(15)13-6-4-3-5-7-13/h3-9,19H,10-11,25H2,1-2H3. The van der Waals surface area contributed by atoms with Gasteiger partial charge in [-0.3, -0.25) is 9.69 Å². The molecule has 2 heterocycles. The van der Waals surface area contributed by atoms with Crippen molar-refractivity contribution >= 4 is 38.7 Å². The zero-order valence-electron chi connectivity index (χ0n) is 15.7. The third-order valence-corrected chi connectivity index (χ3v) is 6.96. The summed E-state index contributed by atoms with van der Waals surface area (Å²) in [6.45, 7) is 4.21. The van der Waals surface area contributed by atoms with Crippen LogP contribution in [-0.4, -0.2) is 5.78 Å². The van der Waals surface area contributed by atoms with E-state index in [1.807, 2.05) is 47.4 Å². The number of carbonyl (C=O) groups excluding carboxylic acids is 1. The number of hydrogen-bond donors (Lipinski definition) is 1. The third kappa shape index (κ3) is 3.09. The molecular formula is C22H20BrN3OS. The molecule has 28 heavy (non-hydrogen) atoms. The lowest BCUT2D eigenvalue weighted by Gasteiger charge is -2.43. The van der Waals surface area contributed by atoms with Gasteiger partial charge in [0.2, 0.25) is 0 Å². The van der Waals surface area contributed by atoms with E-state index in [2.05, 4.69) is 35.8 Å². The molecule has 6 heteroatoms. The average Bonchev–Trinajstić information content (AvgIpc) is 3.06. The first kappa shape index (κ1) is 19.0. The second kappa shape index (κ2) is 6.91. The maximum Gasteiger partial charge on any atom is 0.162 e. The van der Waals surface area contributed by atoms with Gasteiger partial charge >= 0.3 is 0 Å². The molecule has 4 nitrogen and oxygen atoms in total. The minimum Gasteiger partial charge on any atom is -0.384 e. The van der Waals surface area contributed by atoms with Gasteiger partial charge in [0.15, 0.2) is 5.78 Å². The molecule has 0 amide bonds. The first-order chi connectivity index (χ1) is 13.3. The summed E-state index contributed by atoms with van der Waals surface area (Å²) in [5.41, 5.74) is 9.35. The molecule has 1 aliphatic carbocycles. The Morgan fingerprint density at radius 1 is 1.21 bits per heavy atom. The summed E-state index contributed by atoms with van der Waals surface area (Å²) in [4.78, 5) is 16.2. The van der Waals surface area contributed by atoms with E-state index in [0.29, 0.717) is 23.4 Å². The number of nitriles is 1. The fraction of sp³-hybridized carbons (Fsp3) is 0.273. The van der Waals surface area contributed by atoms with Crippen molar-refractivity contribution in [2.24, 2.45) is 11.1 Å². The van der Waals surface area contributed by atoms with Crippen LogP contribution in [0.1, 0.15) is 37.5 Å². The number of rotatable bonds is 2. The van der Waals surface area contributed by atoms with Crippen molar-refractivity contribution in [2.45, 2.75) is 32.6 Å². The Balaban J connectivity index is 2.00. The van der Waals surface area contributed by atoms with E-state index < -0.39 is 5.92 Å². The molecule has 2 N–H and O–H groups in total. The number of ketones is 1. The summed E-state index contributed by atoms with van der Waals surface area (Å²) < 4.78 is 0.967. The number of nitrogens with zero attached hydrogens (tertiary/aromatic N) is 2. The fourth-order valence-electron chi connectivity index (χ4n) is 4.15. The molecule has 4 rings (SSSR count). The van der Waals surface area contributed by atoms with Crippen molar-refractivity contribution in [3.63, 3.8) is 0 Å². The highest BCUT2D eigenvalue weighted by molar-refractivity contribution is 9.11. The highest BCUT2D eigenvalue weighted by Gasteiger charge is 2.45. The monoisotopic (exact) mass is 453 g/mol. The minimum atomic E-state index is -0.403. The van der Waals surface area contributed by atoms with E-state index in [0.717, 1.165) is 26.5 Å². The first-order valence-electron chi connectivity index (χ1n) is 9.09. The van der Waals surface area contributed by atoms with Gasteiger partial charge in [-0.05, 0) is 52.0 Å². The molecule has 1 aliphatic heterocycles. The molecule has 0 saturated carbocycles. The number of carbonyl (C=O) groups is 1. The summed E-state index contributed by atoms with van der Waals surface area (Å²) in [7, 11) is 0. The van der Waals surface area contributed by atoms with Crippen molar-refractivity contribution in [1.82, 2.24) is 0 Å². The average molecular weight is 454 g/mol. The topological polar surface area (TPSA) is 70.1 Å². The number of thiophene rings is 1. The molecule has 1 atom stereocenters. The van der Waals surface area contributed by atoms with Crippen LogP contribution in [0.25, 0.3) is 0 Å². The molecule has 0 radical (unpaired) electrons. The normalized spacial score (nSPS) is 21.6. The lowest BCUT2D eigenvalue weighted by atomic mass is 9.69. The van der Waals surface area contributed by atoms with Gasteiger partial charge < -0.3 is 5.73 Å². The molecule has 0 bridgehead atoms. The van der Waals surface area contributed by atoms with Gasteiger partial charge in [-0.15, -0.1) is 11.3 Å². The number of Topliss-reactive ketones (excluding diaryl/α,β-unsaturated/α-hetero) is 1. The van der Waals surface area contributed by atoms with Gasteiger partial charge in [0.1, 0.15) is 5.82 Å². The van der Waals surface area contributed by atoms with Crippen LogP contribution in [0.2, 0.25) is 0 Å². The molecule has 1 aromatic carbocycles. The van der Waals surface area contributed by atoms with Crippen molar-refractivity contribution in [3.05, 3.63) is 73.8 Å². The van der Waals surface area contributed by atoms with Crippen LogP contribution in [-0.2, 0) is 4.79 Å². The van der Waals surface area contributed by atoms with E-state index in [1.165, 1.54) is 0 Å². The van der Waals surface area contributed by atoms with Gasteiger partial charge in [-0.25, -0.2) is 0 Å². The summed E-state index contributed by atoms with van der Waals surface area (Å²) in [6.07, 6.45) is 1.20. The quantitative estimate of drug-likeness (QED) is 0.655. The summed E-state index contributed by atoms with van der Waals surface area (Å²) >= 11 is 5.04. The molecule has 2 aliphatic rings. The Bertz CT molecular complexity index is 1060. The second-order valence-corrected chi connectivity index (χ2v) is 10.5. The lowest BCUT2D eigenvalue weighted by molar-refractivity contribution is -0.118. The maximum atomic E-state index is 13.3. The Hall–Kier alpha value is -2.36. The van der Waals surface area contributed by atoms with Crippen LogP contribution in [0.15, 0.2) is 68.9 Å². The molecule has 0 fully saturated rings. The number of anilines is 1. The summed E-state index contributed by atoms with van der Waals surface area (Å²) in [5, 5.41) is 9.99. The molecule has 1 unspecified atom stereocenters. The lowest BCUT2D eigenvalue weighted by Crippen LogP contribution is -2.42. The number of nitrogens with two attached hydrogens (primary N) is 1. The molecule has 1 aromatic heterocycles. The first-order valence-corrected chi connectivity index (χ1v) is 10.7. The Morgan fingerprint density at radius 2 is 1.93 bits per heavy atom. The SMILES string of the molecule is CC1(C)CC(=O)C2=C(C1)N(c1ccccc1)C(N)=C(C#N)C2c1ccc(Br)s1. The summed E-state index contributed by atoms with van der Waals surface area (Å²) in [6, 6.07) is 16.0. The zero-order valence-corrected chi connectivity index (χ0v) is 18.1. The van der Waals surface area contributed by atoms with E-state index in [-0.39, 0.29) is 11.2 Å². The van der Waals surface area contributed by atoms with Gasteiger partial charge in [0.25, 0.3) is 0 Å². The van der Waals surface area contributed by atoms with E-state index >= 15 is 0 Å². The fourth-order valence-corrected chi connectivity index (χ4v) is 5.69. The van der Waals surface area contributed by atoms with Crippen LogP contribution < -0.4 is 10.6 Å². The van der Waals surface area contributed by atoms with E-state index in [1.54, 1.807) is 11.3 Å². The molecule has 142 valence electrons. The van der Waals surface area contributed by atoms with E-state index in [4.69, 9.17) is 5.73 Å². The Kier molecular flexibility index (Phi) is 4.68. The molecule has 0 spiro atoms. The largest absolute Gasteiger partial charge is 0.384 e. The number of benzene rings is 1. The van der Waals surface area contributed by atoms with Crippen molar-refractivity contribution in [1.29, 1.82) is 5.26 Å². The Labute approximate surface area is 177 Å². The van der Waals surface area contributed by atoms with Crippen LogP contribution in [0.5, 0.6) is 0 Å². The van der Waals surface area contributed by atoms with Crippen LogP contribution in [0.3, 0.4) is 0 Å². The van der Waals surface area contributed by atoms with Crippen molar-refractivity contribution in [2.75, 3.05) is 4.90 Å². The predicted octanol–water partition coefficient (Wildman–Crippen LogP) is 5.45. The summed E-state index contributed by atoms with van der Waals surface area (Å²) in [5.74, 6) is 0.106. The molecular weight excluding hydrogens is 434 g/mol. The van der Waals surface area contributed by atoms with Crippen molar-refractivity contribution < 1.29 is 4.79 Å². The second-order valence-electron chi connectivity index (χ2n) is 7.96. The van der Waals surface area contributed by atoms with Crippen LogP contribution >= 0.6 is 27.3 Å². The number of halogens is 1. The van der Waals surface area contributed by atoms with Crippen LogP contribution in [0, 0.1) is 16.7 Å². The minimum absolute atomic E-state index is 0.0990. The number of hydrogen-bond acceptors (Lipinski definition) is 5. The smallest absolute Gasteiger partial charge is 0.162 e. The van der Waals surface area contributed by atoms with Gasteiger partial charge in [-0.2, -0.15) is 5.26 Å². The van der Waals surface area contributed by atoms with Crippen molar-refractivity contribution in [3.8, 4) is 6.07 Å². The highest BCUT2D eigenvalue weighted by atomic mass is 79.9. The van der Waals surface area contributed by atoms with Gasteiger partial charge in [0, 0.05) is 28.3 Å². The van der Waals surface area contributed by atoms with Gasteiger partial charge in [0.05, 0.1) is 21.3 Å². The van der Waals surface area contributed by atoms with Gasteiger partial charge in [-0.1, -0.05) is 32.0 Å². The number of para-hydroxylation sites is 1. The predicted molar refractivity (Wildman–Crippen MR) is 116 cm³/mol. The molecule has 0 saturated heterocycles. The highest BCUT2D eigenvalue weighted by Crippen LogP contribution is 2.51. The maximum absolute atomic E-state index is 13.3. The third-order valence-electron chi connectivity index (χ3n) is 5.27. The van der Waals surface area contributed by atoms with E-state index in [9.17, 15) is 10.1 Å². The molecule has 2 aromatic rings. The van der Waals surface area contributed by atoms with Crippen LogP contribution in [0.4, 0.5) is 5.69 Å². The zero-order chi connectivity index (χ0) is 20.1. The number of allylic oxidation sites excluding steroid dienone is 3. The Morgan fingerprint density at radius 3 is 2.54 bits per heavy atom.